The minimum Gasteiger partial charge on any atom is -0.363 e. The first kappa shape index (κ1) is 13.2. The van der Waals surface area contributed by atoms with Crippen LogP contribution in [-0.2, 0) is 0 Å². The Balaban J connectivity index is 2.33. The Morgan fingerprint density at radius 1 is 1.45 bits per heavy atom. The summed E-state index contributed by atoms with van der Waals surface area (Å²) >= 11 is 0. The van der Waals surface area contributed by atoms with Gasteiger partial charge in [-0.15, -0.1) is 21.6 Å². The van der Waals surface area contributed by atoms with Crippen LogP contribution in [0.2, 0.25) is 0 Å². The van der Waals surface area contributed by atoms with Crippen LogP contribution in [0.4, 0.5) is 11.5 Å². The number of rotatable bonds is 5. The summed E-state index contributed by atoms with van der Waals surface area (Å²) < 4.78 is 0. The van der Waals surface area contributed by atoms with E-state index in [9.17, 15) is 10.1 Å². The highest BCUT2D eigenvalue weighted by atomic mass is 16.6. The van der Waals surface area contributed by atoms with Crippen molar-refractivity contribution in [3.63, 3.8) is 0 Å². The number of non-ortho nitro benzene ring substituents is 1. The van der Waals surface area contributed by atoms with Crippen molar-refractivity contribution in [2.75, 3.05) is 11.9 Å². The zero-order valence-electron chi connectivity index (χ0n) is 10.4. The number of nitro groups is 1. The van der Waals surface area contributed by atoms with E-state index >= 15 is 0 Å². The standard InChI is InChI=1S/C12H10N6O2/c1-2-7-14-12-11(8-13)15-17(16-12)9-3-5-10(6-4-9)18(19)20/h2-6H,1,7H2,(H,14,16). The van der Waals surface area contributed by atoms with Gasteiger partial charge < -0.3 is 5.32 Å². The minimum absolute atomic E-state index is 0.0218. The van der Waals surface area contributed by atoms with Crippen molar-refractivity contribution in [1.82, 2.24) is 15.0 Å². The number of nitrogens with zero attached hydrogens (tertiary/aromatic N) is 5. The molecule has 8 nitrogen and oxygen atoms in total. The number of anilines is 1. The normalized spacial score (nSPS) is 9.75. The first-order valence-corrected chi connectivity index (χ1v) is 5.62. The van der Waals surface area contributed by atoms with Gasteiger partial charge in [0.2, 0.25) is 5.69 Å². The Kier molecular flexibility index (Phi) is 3.72. The second-order valence-corrected chi connectivity index (χ2v) is 3.74. The summed E-state index contributed by atoms with van der Waals surface area (Å²) in [6.07, 6.45) is 1.63. The molecule has 8 heteroatoms. The van der Waals surface area contributed by atoms with Gasteiger partial charge in [0, 0.05) is 18.7 Å². The lowest BCUT2D eigenvalue weighted by Gasteiger charge is -1.99. The Hall–Kier alpha value is -3.21. The predicted octanol–water partition coefficient (Wildman–Crippen LogP) is 1.65. The fraction of sp³-hybridized carbons (Fsp3) is 0.0833. The highest BCUT2D eigenvalue weighted by molar-refractivity contribution is 5.48. The van der Waals surface area contributed by atoms with Gasteiger partial charge in [0.05, 0.1) is 10.6 Å². The number of hydrogen-bond donors (Lipinski definition) is 1. The summed E-state index contributed by atoms with van der Waals surface area (Å²) in [5.41, 5.74) is 0.648. The highest BCUT2D eigenvalue weighted by Gasteiger charge is 2.12. The number of nitriles is 1. The fourth-order valence-electron chi connectivity index (χ4n) is 1.49. The molecule has 0 bridgehead atoms. The van der Waals surface area contributed by atoms with Gasteiger partial charge in [0.15, 0.2) is 5.82 Å². The molecule has 0 radical (unpaired) electrons. The number of aromatic nitrogens is 3. The zero-order chi connectivity index (χ0) is 14.5. The highest BCUT2D eigenvalue weighted by Crippen LogP contribution is 2.16. The van der Waals surface area contributed by atoms with Crippen molar-refractivity contribution in [1.29, 1.82) is 5.26 Å². The molecule has 2 aromatic rings. The van der Waals surface area contributed by atoms with Crippen LogP contribution in [0.3, 0.4) is 0 Å². The molecule has 20 heavy (non-hydrogen) atoms. The van der Waals surface area contributed by atoms with Crippen molar-refractivity contribution < 1.29 is 4.92 Å². The quantitative estimate of drug-likeness (QED) is 0.502. The second-order valence-electron chi connectivity index (χ2n) is 3.74. The summed E-state index contributed by atoms with van der Waals surface area (Å²) in [6.45, 7) is 4.01. The van der Waals surface area contributed by atoms with Gasteiger partial charge in [-0.1, -0.05) is 6.08 Å². The van der Waals surface area contributed by atoms with Gasteiger partial charge in [0.25, 0.3) is 5.69 Å². The lowest BCUT2D eigenvalue weighted by Crippen LogP contribution is -2.02. The molecule has 1 heterocycles. The second kappa shape index (κ2) is 5.62. The van der Waals surface area contributed by atoms with E-state index in [2.05, 4.69) is 22.1 Å². The molecule has 0 atom stereocenters. The van der Waals surface area contributed by atoms with Gasteiger partial charge >= 0.3 is 0 Å². The maximum absolute atomic E-state index is 10.6. The Bertz CT molecular complexity index is 683. The predicted molar refractivity (Wildman–Crippen MR) is 71.4 cm³/mol. The molecule has 2 rings (SSSR count). The van der Waals surface area contributed by atoms with E-state index in [0.717, 1.165) is 0 Å². The van der Waals surface area contributed by atoms with Crippen molar-refractivity contribution in [3.05, 3.63) is 52.7 Å². The molecule has 0 aliphatic rings. The van der Waals surface area contributed by atoms with E-state index in [-0.39, 0.29) is 11.4 Å². The van der Waals surface area contributed by atoms with E-state index in [0.29, 0.717) is 18.1 Å². The van der Waals surface area contributed by atoms with Crippen LogP contribution < -0.4 is 5.32 Å². The summed E-state index contributed by atoms with van der Waals surface area (Å²) in [5.74, 6) is 0.339. The average Bonchev–Trinajstić information content (AvgIpc) is 2.88. The van der Waals surface area contributed by atoms with Crippen molar-refractivity contribution in [3.8, 4) is 11.8 Å². The number of nitro benzene ring substituents is 1. The summed E-state index contributed by atoms with van der Waals surface area (Å²) in [4.78, 5) is 11.3. The largest absolute Gasteiger partial charge is 0.363 e. The molecular weight excluding hydrogens is 260 g/mol. The molecule has 0 fully saturated rings. The van der Waals surface area contributed by atoms with E-state index < -0.39 is 4.92 Å². The summed E-state index contributed by atoms with van der Waals surface area (Å²) in [5, 5.41) is 30.6. The van der Waals surface area contributed by atoms with Gasteiger partial charge in [-0.05, 0) is 12.1 Å². The third-order valence-corrected chi connectivity index (χ3v) is 2.42. The molecule has 1 aromatic heterocycles. The smallest absolute Gasteiger partial charge is 0.269 e. The third-order valence-electron chi connectivity index (χ3n) is 2.42. The van der Waals surface area contributed by atoms with E-state index in [1.54, 1.807) is 6.08 Å². The van der Waals surface area contributed by atoms with Crippen LogP contribution in [0, 0.1) is 21.4 Å². The monoisotopic (exact) mass is 270 g/mol. The summed E-state index contributed by atoms with van der Waals surface area (Å²) in [6, 6.07) is 7.64. The fourth-order valence-corrected chi connectivity index (χ4v) is 1.49. The molecule has 100 valence electrons. The van der Waals surface area contributed by atoms with Crippen LogP contribution in [0.15, 0.2) is 36.9 Å². The van der Waals surface area contributed by atoms with Gasteiger partial charge in [-0.2, -0.15) is 5.26 Å². The van der Waals surface area contributed by atoms with Crippen LogP contribution in [0.25, 0.3) is 5.69 Å². The van der Waals surface area contributed by atoms with E-state index in [4.69, 9.17) is 5.26 Å². The molecule has 0 amide bonds. The van der Waals surface area contributed by atoms with Crippen LogP contribution in [0.5, 0.6) is 0 Å². The molecule has 1 aromatic carbocycles. The van der Waals surface area contributed by atoms with Crippen LogP contribution in [-0.4, -0.2) is 26.5 Å². The lowest BCUT2D eigenvalue weighted by molar-refractivity contribution is -0.384. The Morgan fingerprint density at radius 2 is 2.15 bits per heavy atom. The van der Waals surface area contributed by atoms with Crippen LogP contribution in [0.1, 0.15) is 5.69 Å². The number of benzene rings is 1. The van der Waals surface area contributed by atoms with Crippen LogP contribution >= 0.6 is 0 Å². The SMILES string of the molecule is C=CCNc1nn(-c2ccc([N+](=O)[O-])cc2)nc1C#N. The number of nitrogens with one attached hydrogen (secondary N) is 1. The topological polar surface area (TPSA) is 110 Å². The molecule has 0 saturated heterocycles. The molecular formula is C12H10N6O2. The van der Waals surface area contributed by atoms with Crippen molar-refractivity contribution in [2.45, 2.75) is 0 Å². The first-order valence-electron chi connectivity index (χ1n) is 5.62. The lowest BCUT2D eigenvalue weighted by atomic mass is 10.3. The molecule has 1 N–H and O–H groups in total. The third kappa shape index (κ3) is 2.62. The maximum Gasteiger partial charge on any atom is 0.269 e. The summed E-state index contributed by atoms with van der Waals surface area (Å²) in [7, 11) is 0. The van der Waals surface area contributed by atoms with Gasteiger partial charge in [-0.25, -0.2) is 0 Å². The minimum atomic E-state index is -0.488. The van der Waals surface area contributed by atoms with E-state index in [1.165, 1.54) is 29.1 Å². The van der Waals surface area contributed by atoms with Gasteiger partial charge in [0.1, 0.15) is 6.07 Å². The average molecular weight is 270 g/mol. The molecule has 0 spiro atoms. The van der Waals surface area contributed by atoms with Gasteiger partial charge in [-0.3, -0.25) is 10.1 Å². The Morgan fingerprint density at radius 3 is 2.70 bits per heavy atom. The molecule has 0 aliphatic carbocycles. The molecule has 0 aliphatic heterocycles. The van der Waals surface area contributed by atoms with Crippen molar-refractivity contribution in [2.24, 2.45) is 0 Å². The maximum atomic E-state index is 10.6. The molecule has 0 unspecified atom stereocenters. The van der Waals surface area contributed by atoms with Crippen molar-refractivity contribution >= 4 is 11.5 Å². The first-order chi connectivity index (χ1) is 9.65. The molecule has 0 saturated carbocycles. The Labute approximate surface area is 114 Å². The van der Waals surface area contributed by atoms with E-state index in [1.807, 2.05) is 6.07 Å². The zero-order valence-corrected chi connectivity index (χ0v) is 10.4. The number of hydrogen-bond acceptors (Lipinski definition) is 6.